The van der Waals surface area contributed by atoms with Gasteiger partial charge in [-0.05, 0) is 252 Å². The van der Waals surface area contributed by atoms with E-state index in [1.54, 1.807) is 0 Å². The summed E-state index contributed by atoms with van der Waals surface area (Å²) in [6, 6.07) is 0. The molecule has 9 saturated carbocycles. The fraction of sp³-hybridized carbons (Fsp3) is 0.950. The van der Waals surface area contributed by atoms with Gasteiger partial charge in [0.25, 0.3) is 33.6 Å². The molecule has 7 nitrogen and oxygen atoms in total. The van der Waals surface area contributed by atoms with Gasteiger partial charge in [-0.2, -0.15) is 0 Å². The molecule has 0 bridgehead atoms. The Morgan fingerprint density at radius 3 is 1.26 bits per heavy atom. The van der Waals surface area contributed by atoms with Crippen molar-refractivity contribution < 1.29 is 41.5 Å². The highest BCUT2D eigenvalue weighted by Gasteiger charge is 2.75. The van der Waals surface area contributed by atoms with E-state index in [4.69, 9.17) is 27.9 Å². The molecule has 0 aromatic heterocycles. The lowest BCUT2D eigenvalue weighted by atomic mass is 9.19. The predicted molar refractivity (Wildman–Crippen MR) is 507 cm³/mol. The van der Waals surface area contributed by atoms with Crippen LogP contribution in [-0.2, 0) is 32.7 Å². The van der Waals surface area contributed by atoms with E-state index < -0.39 is 11.8 Å². The molecule has 0 spiro atoms. The highest BCUT2D eigenvalue weighted by molar-refractivity contribution is 6.60. The zero-order chi connectivity index (χ0) is 89.0. The molecule has 17 rings (SSSR count). The van der Waals surface area contributed by atoms with Crippen LogP contribution in [0, 0.1) is 146 Å². The molecule has 0 aromatic carbocycles. The maximum atomic E-state index is 13.9. The van der Waals surface area contributed by atoms with E-state index in [0.717, 1.165) is 77.7 Å². The van der Waals surface area contributed by atoms with Crippen molar-refractivity contribution in [2.45, 2.75) is 457 Å². The van der Waals surface area contributed by atoms with Crippen molar-refractivity contribution in [3.05, 3.63) is 25.0 Å². The van der Waals surface area contributed by atoms with Crippen LogP contribution in [0.15, 0.2) is 25.0 Å². The molecule has 0 N–H and O–H groups in total. The summed E-state index contributed by atoms with van der Waals surface area (Å²) in [6.45, 7) is 108. The Morgan fingerprint density at radius 2 is 0.812 bits per heavy atom. The summed E-state index contributed by atoms with van der Waals surface area (Å²) in [5, 5.41) is 0. The Labute approximate surface area is 725 Å². The van der Waals surface area contributed by atoms with Gasteiger partial charge >= 0.3 is 13.8 Å². The molecule has 8 heterocycles. The zero-order valence-corrected chi connectivity index (χ0v) is 84.6. The molecule has 0 amide bonds. The van der Waals surface area contributed by atoms with Gasteiger partial charge in [-0.15, -0.1) is 6.58 Å². The Kier molecular flexibility index (Phi) is 26.9. The molecule has 20 atom stereocenters. The van der Waals surface area contributed by atoms with Gasteiger partial charge < -0.3 is 27.9 Å². The lowest BCUT2D eigenvalue weighted by Crippen LogP contribution is -2.67. The monoisotopic (exact) mass is 1620 g/mol. The summed E-state index contributed by atoms with van der Waals surface area (Å²) < 4.78 is 63.2. The second kappa shape index (κ2) is 32.0. The third-order valence-corrected chi connectivity index (χ3v) is 44.6. The number of fused-ring (bicyclic) bond motifs is 8. The molecule has 8 aliphatic heterocycles. The van der Waals surface area contributed by atoms with E-state index in [-0.39, 0.29) is 46.8 Å². The lowest BCUT2D eigenvalue weighted by molar-refractivity contribution is -0.222. The second-order valence-electron chi connectivity index (χ2n) is 53.1. The third kappa shape index (κ3) is 15.4. The molecule has 17 heteroatoms. The fourth-order valence-electron chi connectivity index (χ4n) is 32.2. The first-order valence-electron chi connectivity index (χ1n) is 49.0. The van der Waals surface area contributed by atoms with E-state index in [0.29, 0.717) is 173 Å². The van der Waals surface area contributed by atoms with Crippen molar-refractivity contribution in [2.75, 3.05) is 0 Å². The van der Waals surface area contributed by atoms with Gasteiger partial charge in [0, 0.05) is 43.2 Å². The van der Waals surface area contributed by atoms with Crippen LogP contribution in [0.4, 0.5) is 8.78 Å². The quantitative estimate of drug-likeness (QED) is 0.205. The lowest BCUT2D eigenvalue weighted by Gasteiger charge is -2.70. The first-order valence-corrected chi connectivity index (χ1v) is 49.0. The molecule has 20 unspecified atom stereocenters. The SMILES string of the molecule is C=CCC1CC2C(B(C)O1)C(C)(C)C2(C)C.CB1CCC(F)(F)C2C1C(C)(C)C2(C)C.CB1CCCC2C1C(C)(C)C2(C)C.CB1OC(=O)CC2C1C(C)(C)C2(C)C.CB1OC(C(C)C)CC2C1C(C)(C)C2(C)C.CB1OC(C)CC2C1C(C)(C)C2(C)C.CB1OC(C2CC2)CC2C1C(C)(C)C2(C)C.CB1OC=CC2C1C(C)(C)C2(C)C. The highest BCUT2D eigenvalue weighted by atomic mass is 19.3. The van der Waals surface area contributed by atoms with Crippen LogP contribution in [0.2, 0.25) is 114 Å². The molecular formula is C100H182B8F2O7. The summed E-state index contributed by atoms with van der Waals surface area (Å²) in [7, 11) is 0. The molecule has 662 valence electrons. The third-order valence-electron chi connectivity index (χ3n) is 44.6. The van der Waals surface area contributed by atoms with E-state index in [1.807, 2.05) is 33.0 Å². The Hall–Kier alpha value is -1.03. The molecule has 0 radical (unpaired) electrons. The number of alkyl halides is 2. The number of hydrogen-bond acceptors (Lipinski definition) is 7. The number of carbonyl (C=O) groups excluding carboxylic acids is 1. The average Bonchev–Trinajstić information content (AvgIpc) is 1.14. The van der Waals surface area contributed by atoms with Crippen molar-refractivity contribution in [2.24, 2.45) is 146 Å². The van der Waals surface area contributed by atoms with Gasteiger partial charge in [-0.1, -0.05) is 314 Å². The minimum Gasteiger partial charge on any atom is -0.566 e. The number of hydrogen-bond donors (Lipinski definition) is 0. The van der Waals surface area contributed by atoms with Crippen molar-refractivity contribution >= 4 is 60.9 Å². The summed E-state index contributed by atoms with van der Waals surface area (Å²) in [4.78, 5) is 11.3. The minimum atomic E-state index is -2.43. The summed E-state index contributed by atoms with van der Waals surface area (Å²) >= 11 is 0. The molecule has 117 heavy (non-hydrogen) atoms. The Balaban J connectivity index is 0.000000141. The van der Waals surface area contributed by atoms with Crippen molar-refractivity contribution in [3.8, 4) is 0 Å². The van der Waals surface area contributed by atoms with Crippen molar-refractivity contribution in [3.63, 3.8) is 0 Å². The van der Waals surface area contributed by atoms with E-state index >= 15 is 0 Å². The fourth-order valence-corrected chi connectivity index (χ4v) is 32.2. The first-order chi connectivity index (χ1) is 52.8. The van der Waals surface area contributed by atoms with Crippen LogP contribution in [0.1, 0.15) is 313 Å². The molecule has 0 aromatic rings. The number of halogens is 2. The van der Waals surface area contributed by atoms with Crippen molar-refractivity contribution in [1.82, 2.24) is 0 Å². The van der Waals surface area contributed by atoms with Gasteiger partial charge in [-0.3, -0.25) is 4.79 Å². The maximum Gasteiger partial charge on any atom is 0.362 e. The minimum absolute atomic E-state index is 0.0117. The highest BCUT2D eigenvalue weighted by Crippen LogP contribution is 2.79. The van der Waals surface area contributed by atoms with Crippen LogP contribution < -0.4 is 0 Å². The smallest absolute Gasteiger partial charge is 0.362 e. The van der Waals surface area contributed by atoms with Crippen LogP contribution in [0.5, 0.6) is 0 Å². The van der Waals surface area contributed by atoms with Crippen LogP contribution in [0.3, 0.4) is 0 Å². The summed E-state index contributed by atoms with van der Waals surface area (Å²) in [5.74, 6) is 9.96. The predicted octanol–water partition coefficient (Wildman–Crippen LogP) is 29.4. The summed E-state index contributed by atoms with van der Waals surface area (Å²) in [5.41, 5.74) is 6.04. The van der Waals surface area contributed by atoms with Crippen LogP contribution in [0.25, 0.3) is 0 Å². The molecular weight excluding hydrogens is 1440 g/mol. The molecule has 7 saturated heterocycles. The molecule has 16 fully saturated rings. The Bertz CT molecular complexity index is 3470. The topological polar surface area (TPSA) is 72.5 Å². The maximum absolute atomic E-state index is 13.9. The van der Waals surface area contributed by atoms with Crippen molar-refractivity contribution in [1.29, 1.82) is 0 Å². The number of carbonyl (C=O) groups is 1. The van der Waals surface area contributed by atoms with Gasteiger partial charge in [-0.25, -0.2) is 8.78 Å². The van der Waals surface area contributed by atoms with Gasteiger partial charge in [0.05, 0.1) is 6.26 Å². The first kappa shape index (κ1) is 98.2. The van der Waals surface area contributed by atoms with Gasteiger partial charge in [0.2, 0.25) is 5.92 Å². The van der Waals surface area contributed by atoms with Gasteiger partial charge in [0.1, 0.15) is 13.4 Å². The van der Waals surface area contributed by atoms with Crippen LogP contribution >= 0.6 is 0 Å². The normalized spacial score (nSPS) is 41.1. The average molecular weight is 1620 g/mol. The molecule has 17 aliphatic rings. The standard InChI is InChI=1S/C14H25BO.C14H27BO.C14H25BO.C12H21BF2.C12H23BO.C12H23B.C11H19BO2.C11H19BO/c1-13(2)10-8-11(9-6-7-9)16-15(5)12(10)14(13,3)4;1-9(2)11-8-10-12(15(7)16-11)14(5,6)13(10,3)4;1-7-8-10-9-11-12(15(6)16-10)14(4,5)13(11,2)3;1-10(2)8-9(11(10,3)4)13(5)7-6-12(8,14)15;1-8-7-9-10(13(6)14-8)12(4,5)11(9,2)3;1-11(2)9-7-6-8-13(5)10(9)12(11,3)4;1-10(2)7-6-8(13)14-12(5)9(7)11(10,3)4;1-10(2)8-6-7-13-12(5)9(8)11(10,3)4/h9-12H,6-8H2,1-5H3;9-12H,8H2,1-7H3;7,10-12H,1,8-9H2,2-6H3;8-9H,6-7H2,1-5H3;8-10H,7H2,1-6H3;9-10H,6-8H2,1-5H3;7,9H,6H2,1-5H3;6-9H,1-5H3. The largest absolute Gasteiger partial charge is 0.566 e. The summed E-state index contributed by atoms with van der Waals surface area (Å²) in [6.07, 6.45) is 22.8. The second-order valence-corrected chi connectivity index (χ2v) is 53.1. The van der Waals surface area contributed by atoms with E-state index in [2.05, 4.69) is 289 Å². The van der Waals surface area contributed by atoms with E-state index in [1.165, 1.54) is 57.7 Å². The Morgan fingerprint density at radius 1 is 0.419 bits per heavy atom. The number of rotatable bonds is 4. The van der Waals surface area contributed by atoms with Crippen LogP contribution in [-0.4, -0.2) is 91.2 Å². The number of allylic oxidation sites excluding steroid dienone is 1. The molecule has 9 aliphatic carbocycles. The zero-order valence-electron chi connectivity index (χ0n) is 84.6. The van der Waals surface area contributed by atoms with Gasteiger partial charge in [0.15, 0.2) is 0 Å². The van der Waals surface area contributed by atoms with E-state index in [9.17, 15) is 13.6 Å².